The van der Waals surface area contributed by atoms with Crippen LogP contribution < -0.4 is 5.32 Å². The standard InChI is InChI=1S/C11H19NO2/c1-11(2,3)14-10(13)9-7-4-5-8(6-7)12-9/h7-9,12H,4-6H2,1-3H3/t7-,8+,9+/m0/s1. The minimum Gasteiger partial charge on any atom is -0.459 e. The van der Waals surface area contributed by atoms with Gasteiger partial charge >= 0.3 is 5.97 Å². The first-order valence-corrected chi connectivity index (χ1v) is 5.44. The summed E-state index contributed by atoms with van der Waals surface area (Å²) in [5.41, 5.74) is -0.361. The van der Waals surface area contributed by atoms with E-state index in [-0.39, 0.29) is 17.6 Å². The molecule has 0 aromatic heterocycles. The predicted molar refractivity (Wildman–Crippen MR) is 53.9 cm³/mol. The van der Waals surface area contributed by atoms with Gasteiger partial charge in [0.15, 0.2) is 0 Å². The third-order valence-electron chi connectivity index (χ3n) is 3.02. The van der Waals surface area contributed by atoms with Crippen LogP contribution in [0.1, 0.15) is 40.0 Å². The summed E-state index contributed by atoms with van der Waals surface area (Å²) in [4.78, 5) is 11.8. The highest BCUT2D eigenvalue weighted by Crippen LogP contribution is 2.36. The van der Waals surface area contributed by atoms with E-state index in [1.807, 2.05) is 20.8 Å². The highest BCUT2D eigenvalue weighted by Gasteiger charge is 2.44. The second-order valence-electron chi connectivity index (χ2n) is 5.45. The molecule has 1 N–H and O–H groups in total. The molecule has 3 atom stereocenters. The van der Waals surface area contributed by atoms with E-state index in [2.05, 4.69) is 5.32 Å². The topological polar surface area (TPSA) is 38.3 Å². The largest absolute Gasteiger partial charge is 0.459 e. The zero-order valence-electron chi connectivity index (χ0n) is 9.17. The van der Waals surface area contributed by atoms with Crippen molar-refractivity contribution in [3.63, 3.8) is 0 Å². The van der Waals surface area contributed by atoms with Gasteiger partial charge in [0.2, 0.25) is 0 Å². The van der Waals surface area contributed by atoms with Crippen molar-refractivity contribution < 1.29 is 9.53 Å². The highest BCUT2D eigenvalue weighted by atomic mass is 16.6. The van der Waals surface area contributed by atoms with E-state index >= 15 is 0 Å². The molecule has 80 valence electrons. The van der Waals surface area contributed by atoms with Gasteiger partial charge < -0.3 is 10.1 Å². The van der Waals surface area contributed by atoms with Crippen LogP contribution in [0.3, 0.4) is 0 Å². The van der Waals surface area contributed by atoms with Crippen LogP contribution >= 0.6 is 0 Å². The van der Waals surface area contributed by atoms with Gasteiger partial charge in [0.1, 0.15) is 11.6 Å². The molecule has 1 saturated heterocycles. The van der Waals surface area contributed by atoms with Crippen molar-refractivity contribution in [2.75, 3.05) is 0 Å². The van der Waals surface area contributed by atoms with Crippen molar-refractivity contribution in [3.8, 4) is 0 Å². The quantitative estimate of drug-likeness (QED) is 0.647. The number of hydrogen-bond acceptors (Lipinski definition) is 3. The Bertz CT molecular complexity index is 244. The fourth-order valence-electron chi connectivity index (χ4n) is 2.49. The van der Waals surface area contributed by atoms with Crippen molar-refractivity contribution >= 4 is 5.97 Å². The molecule has 2 rings (SSSR count). The van der Waals surface area contributed by atoms with Gasteiger partial charge in [-0.15, -0.1) is 0 Å². The lowest BCUT2D eigenvalue weighted by Crippen LogP contribution is -2.44. The Morgan fingerprint density at radius 1 is 1.36 bits per heavy atom. The van der Waals surface area contributed by atoms with Gasteiger partial charge in [-0.1, -0.05) is 0 Å². The fourth-order valence-corrected chi connectivity index (χ4v) is 2.49. The van der Waals surface area contributed by atoms with Crippen LogP contribution in [0.4, 0.5) is 0 Å². The van der Waals surface area contributed by atoms with E-state index < -0.39 is 0 Å². The van der Waals surface area contributed by atoms with Crippen LogP contribution in [0.2, 0.25) is 0 Å². The Hall–Kier alpha value is -0.570. The number of carbonyl (C=O) groups excluding carboxylic acids is 1. The fraction of sp³-hybridized carbons (Fsp3) is 0.909. The van der Waals surface area contributed by atoms with Gasteiger partial charge in [0.25, 0.3) is 0 Å². The lowest BCUT2D eigenvalue weighted by atomic mass is 10.00. The van der Waals surface area contributed by atoms with E-state index in [1.54, 1.807) is 0 Å². The number of piperidine rings is 1. The van der Waals surface area contributed by atoms with Crippen LogP contribution in [0.25, 0.3) is 0 Å². The summed E-state index contributed by atoms with van der Waals surface area (Å²) in [6.07, 6.45) is 3.56. The Kier molecular flexibility index (Phi) is 2.30. The summed E-state index contributed by atoms with van der Waals surface area (Å²) < 4.78 is 5.37. The lowest BCUT2D eigenvalue weighted by molar-refractivity contribution is -0.158. The molecule has 3 heteroatoms. The lowest BCUT2D eigenvalue weighted by Gasteiger charge is -2.26. The minimum atomic E-state index is -0.361. The molecule has 1 saturated carbocycles. The molecule has 1 aliphatic carbocycles. The van der Waals surface area contributed by atoms with Crippen molar-refractivity contribution in [2.45, 2.75) is 57.7 Å². The second kappa shape index (κ2) is 3.23. The molecule has 1 heterocycles. The Morgan fingerprint density at radius 2 is 2.07 bits per heavy atom. The summed E-state index contributed by atoms with van der Waals surface area (Å²) in [7, 11) is 0. The first kappa shape index (κ1) is 9.97. The number of rotatable bonds is 1. The number of esters is 1. The van der Waals surface area contributed by atoms with Crippen molar-refractivity contribution in [3.05, 3.63) is 0 Å². The van der Waals surface area contributed by atoms with Gasteiger partial charge in [-0.3, -0.25) is 4.79 Å². The maximum atomic E-state index is 11.8. The zero-order valence-corrected chi connectivity index (χ0v) is 9.17. The number of ether oxygens (including phenoxy) is 1. The summed E-state index contributed by atoms with van der Waals surface area (Å²) in [6.45, 7) is 5.74. The van der Waals surface area contributed by atoms with E-state index in [0.29, 0.717) is 12.0 Å². The maximum absolute atomic E-state index is 11.8. The van der Waals surface area contributed by atoms with E-state index in [0.717, 1.165) is 6.42 Å². The van der Waals surface area contributed by atoms with E-state index in [4.69, 9.17) is 4.74 Å². The normalized spacial score (nSPS) is 36.1. The van der Waals surface area contributed by atoms with Crippen LogP contribution in [0.5, 0.6) is 0 Å². The number of nitrogens with one attached hydrogen (secondary N) is 1. The SMILES string of the molecule is CC(C)(C)OC(=O)[C@@H]1N[C@@H]2CC[C@H]1C2. The molecule has 0 spiro atoms. The molecular weight excluding hydrogens is 178 g/mol. The van der Waals surface area contributed by atoms with Gasteiger partial charge in [-0.05, 0) is 46.0 Å². The van der Waals surface area contributed by atoms with Crippen LogP contribution in [0, 0.1) is 5.92 Å². The third kappa shape index (κ3) is 1.92. The maximum Gasteiger partial charge on any atom is 0.323 e. The van der Waals surface area contributed by atoms with E-state index in [1.165, 1.54) is 12.8 Å². The zero-order chi connectivity index (χ0) is 10.3. The Morgan fingerprint density at radius 3 is 2.50 bits per heavy atom. The second-order valence-corrected chi connectivity index (χ2v) is 5.45. The molecule has 2 bridgehead atoms. The van der Waals surface area contributed by atoms with Gasteiger partial charge in [-0.2, -0.15) is 0 Å². The van der Waals surface area contributed by atoms with Crippen LogP contribution in [0.15, 0.2) is 0 Å². The third-order valence-corrected chi connectivity index (χ3v) is 3.02. The number of carbonyl (C=O) groups is 1. The molecule has 3 nitrogen and oxygen atoms in total. The molecule has 0 unspecified atom stereocenters. The predicted octanol–water partition coefficient (Wildman–Crippen LogP) is 1.47. The summed E-state index contributed by atoms with van der Waals surface area (Å²) >= 11 is 0. The number of hydrogen-bond donors (Lipinski definition) is 1. The Labute approximate surface area is 85.2 Å². The molecule has 0 aromatic rings. The molecular formula is C11H19NO2. The van der Waals surface area contributed by atoms with Gasteiger partial charge in [0, 0.05) is 6.04 Å². The van der Waals surface area contributed by atoms with Crippen LogP contribution in [-0.2, 0) is 9.53 Å². The van der Waals surface area contributed by atoms with Crippen molar-refractivity contribution in [1.82, 2.24) is 5.32 Å². The summed E-state index contributed by atoms with van der Waals surface area (Å²) in [5, 5.41) is 3.34. The highest BCUT2D eigenvalue weighted by molar-refractivity contribution is 5.77. The molecule has 0 amide bonds. The average Bonchev–Trinajstić information content (AvgIpc) is 2.59. The van der Waals surface area contributed by atoms with Gasteiger partial charge in [0.05, 0.1) is 0 Å². The summed E-state index contributed by atoms with van der Waals surface area (Å²) in [5.74, 6) is 0.458. The van der Waals surface area contributed by atoms with Gasteiger partial charge in [-0.25, -0.2) is 0 Å². The number of fused-ring (bicyclic) bond motifs is 2. The minimum absolute atomic E-state index is 0.0343. The Balaban J connectivity index is 1.93. The molecule has 0 aromatic carbocycles. The molecule has 2 aliphatic rings. The van der Waals surface area contributed by atoms with Crippen molar-refractivity contribution in [1.29, 1.82) is 0 Å². The summed E-state index contributed by atoms with van der Waals surface area (Å²) in [6, 6.07) is 0.533. The monoisotopic (exact) mass is 197 g/mol. The molecule has 14 heavy (non-hydrogen) atoms. The van der Waals surface area contributed by atoms with E-state index in [9.17, 15) is 4.79 Å². The average molecular weight is 197 g/mol. The molecule has 2 fully saturated rings. The van der Waals surface area contributed by atoms with Crippen LogP contribution in [-0.4, -0.2) is 23.7 Å². The van der Waals surface area contributed by atoms with Crippen molar-refractivity contribution in [2.24, 2.45) is 5.92 Å². The first-order chi connectivity index (χ1) is 6.46. The smallest absolute Gasteiger partial charge is 0.323 e. The first-order valence-electron chi connectivity index (χ1n) is 5.44. The molecule has 1 aliphatic heterocycles. The molecule has 0 radical (unpaired) electrons.